The highest BCUT2D eigenvalue weighted by Gasteiger charge is 2.19. The summed E-state index contributed by atoms with van der Waals surface area (Å²) in [6.07, 6.45) is 0.933. The molecule has 0 saturated heterocycles. The average molecular weight is 221 g/mol. The van der Waals surface area contributed by atoms with Gasteiger partial charge in [-0.25, -0.2) is 0 Å². The lowest BCUT2D eigenvalue weighted by atomic mass is 10.1. The van der Waals surface area contributed by atoms with E-state index in [9.17, 15) is 0 Å². The van der Waals surface area contributed by atoms with Crippen LogP contribution in [-0.2, 0) is 5.88 Å². The van der Waals surface area contributed by atoms with Crippen LogP contribution in [0.1, 0.15) is 32.2 Å². The number of nitrogens with zero attached hydrogens (tertiary/aromatic N) is 2. The van der Waals surface area contributed by atoms with Crippen molar-refractivity contribution in [2.75, 3.05) is 0 Å². The van der Waals surface area contributed by atoms with Crippen molar-refractivity contribution in [3.63, 3.8) is 0 Å². The topological polar surface area (TPSA) is 35.0 Å². The molecule has 1 aromatic rings. The van der Waals surface area contributed by atoms with Gasteiger partial charge in [-0.15, -0.1) is 16.7 Å². The molecule has 74 valence electrons. The monoisotopic (exact) mass is 220 g/mol. The molecule has 0 bridgehead atoms. The molecule has 0 aromatic carbocycles. The van der Waals surface area contributed by atoms with Crippen molar-refractivity contribution in [3.05, 3.63) is 5.01 Å². The maximum Gasteiger partial charge on any atom is 0.294 e. The molecule has 13 heavy (non-hydrogen) atoms. The molecule has 0 aliphatic carbocycles. The Kier molecular flexibility index (Phi) is 3.50. The smallest absolute Gasteiger partial charge is 0.294 e. The number of hydrogen-bond donors (Lipinski definition) is 0. The normalized spacial score (nSPS) is 11.7. The first-order chi connectivity index (χ1) is 6.07. The zero-order valence-corrected chi connectivity index (χ0v) is 9.58. The third-order valence-corrected chi connectivity index (χ3v) is 2.99. The first-order valence-corrected chi connectivity index (χ1v) is 5.50. The van der Waals surface area contributed by atoms with Crippen molar-refractivity contribution in [1.29, 1.82) is 0 Å². The highest BCUT2D eigenvalue weighted by molar-refractivity contribution is 7.13. The molecule has 1 aromatic heterocycles. The highest BCUT2D eigenvalue weighted by atomic mass is 35.5. The van der Waals surface area contributed by atoms with Gasteiger partial charge in [-0.2, -0.15) is 0 Å². The summed E-state index contributed by atoms with van der Waals surface area (Å²) in [5.41, 5.74) is -0.177. The van der Waals surface area contributed by atoms with Crippen molar-refractivity contribution in [2.24, 2.45) is 0 Å². The van der Waals surface area contributed by atoms with E-state index in [1.54, 1.807) is 0 Å². The van der Waals surface area contributed by atoms with Gasteiger partial charge in [0.25, 0.3) is 5.19 Å². The Morgan fingerprint density at radius 2 is 2.15 bits per heavy atom. The molecule has 0 N–H and O–H groups in total. The molecule has 0 amide bonds. The van der Waals surface area contributed by atoms with Gasteiger partial charge in [0.1, 0.15) is 10.6 Å². The van der Waals surface area contributed by atoms with Gasteiger partial charge in [0.05, 0.1) is 5.88 Å². The van der Waals surface area contributed by atoms with Crippen LogP contribution in [0.3, 0.4) is 0 Å². The minimum Gasteiger partial charge on any atom is -0.463 e. The molecule has 3 nitrogen and oxygen atoms in total. The number of hydrogen-bond acceptors (Lipinski definition) is 4. The highest BCUT2D eigenvalue weighted by Crippen LogP contribution is 2.24. The van der Waals surface area contributed by atoms with E-state index in [1.807, 2.05) is 13.8 Å². The molecule has 1 rings (SSSR count). The summed E-state index contributed by atoms with van der Waals surface area (Å²) < 4.78 is 5.62. The Labute approximate surface area is 87.1 Å². The largest absolute Gasteiger partial charge is 0.463 e. The molecule has 0 atom stereocenters. The van der Waals surface area contributed by atoms with Crippen molar-refractivity contribution in [3.8, 4) is 5.19 Å². The Bertz CT molecular complexity index is 275. The molecular formula is C8H13ClN2OS. The Morgan fingerprint density at radius 3 is 2.62 bits per heavy atom. The lowest BCUT2D eigenvalue weighted by molar-refractivity contribution is 0.104. The lowest BCUT2D eigenvalue weighted by Gasteiger charge is -2.21. The summed E-state index contributed by atoms with van der Waals surface area (Å²) in [5.74, 6) is 0.396. The summed E-state index contributed by atoms with van der Waals surface area (Å²) in [4.78, 5) is 0. The molecule has 1 heterocycles. The van der Waals surface area contributed by atoms with Crippen molar-refractivity contribution in [1.82, 2.24) is 10.2 Å². The standard InChI is InChI=1S/C8H13ClN2OS/c1-4-8(2,3)12-7-11-10-6(5-9)13-7/h4-5H2,1-3H3. The van der Waals surface area contributed by atoms with Crippen LogP contribution in [0.2, 0.25) is 0 Å². The third kappa shape index (κ3) is 3.12. The molecule has 0 fully saturated rings. The third-order valence-electron chi connectivity index (χ3n) is 1.78. The van der Waals surface area contributed by atoms with Crippen LogP contribution in [-0.4, -0.2) is 15.8 Å². The maximum atomic E-state index is 5.62. The van der Waals surface area contributed by atoms with Crippen LogP contribution in [0.15, 0.2) is 0 Å². The fraction of sp³-hybridized carbons (Fsp3) is 0.750. The number of ether oxygens (including phenoxy) is 1. The van der Waals surface area contributed by atoms with Crippen LogP contribution in [0.25, 0.3) is 0 Å². The van der Waals surface area contributed by atoms with E-state index in [-0.39, 0.29) is 5.60 Å². The van der Waals surface area contributed by atoms with Gasteiger partial charge in [0.2, 0.25) is 0 Å². The Morgan fingerprint density at radius 1 is 1.46 bits per heavy atom. The van der Waals surface area contributed by atoms with Gasteiger partial charge in [0, 0.05) is 0 Å². The van der Waals surface area contributed by atoms with Gasteiger partial charge < -0.3 is 4.74 Å². The number of halogens is 1. The molecule has 0 saturated carbocycles. The average Bonchev–Trinajstić information content (AvgIpc) is 2.52. The summed E-state index contributed by atoms with van der Waals surface area (Å²) >= 11 is 7.00. The van der Waals surface area contributed by atoms with Crippen molar-refractivity contribution < 1.29 is 4.74 Å². The molecule has 0 radical (unpaired) electrons. The fourth-order valence-corrected chi connectivity index (χ4v) is 1.55. The SMILES string of the molecule is CCC(C)(C)Oc1nnc(CCl)s1. The second-order valence-electron chi connectivity index (χ2n) is 3.31. The van der Waals surface area contributed by atoms with Gasteiger partial charge in [-0.1, -0.05) is 23.4 Å². The molecule has 0 aliphatic rings. The van der Waals surface area contributed by atoms with Gasteiger partial charge in [0.15, 0.2) is 0 Å². The summed E-state index contributed by atoms with van der Waals surface area (Å²) in [7, 11) is 0. The predicted molar refractivity (Wildman–Crippen MR) is 54.5 cm³/mol. The molecule has 0 aliphatic heterocycles. The minimum atomic E-state index is -0.177. The maximum absolute atomic E-state index is 5.62. The van der Waals surface area contributed by atoms with E-state index >= 15 is 0 Å². The predicted octanol–water partition coefficient (Wildman–Crippen LogP) is 2.84. The van der Waals surface area contributed by atoms with Crippen molar-refractivity contribution in [2.45, 2.75) is 38.7 Å². The van der Waals surface area contributed by atoms with E-state index in [0.29, 0.717) is 11.1 Å². The molecule has 0 spiro atoms. The van der Waals surface area contributed by atoms with E-state index in [4.69, 9.17) is 16.3 Å². The minimum absolute atomic E-state index is 0.177. The summed E-state index contributed by atoms with van der Waals surface area (Å²) in [6, 6.07) is 0. The zero-order chi connectivity index (χ0) is 9.90. The van der Waals surface area contributed by atoms with Crippen LogP contribution in [0.4, 0.5) is 0 Å². The van der Waals surface area contributed by atoms with Crippen LogP contribution in [0, 0.1) is 0 Å². The molecular weight excluding hydrogens is 208 g/mol. The Hall–Kier alpha value is -0.350. The number of aromatic nitrogens is 2. The van der Waals surface area contributed by atoms with E-state index < -0.39 is 0 Å². The van der Waals surface area contributed by atoms with Crippen LogP contribution in [0.5, 0.6) is 5.19 Å². The number of rotatable bonds is 4. The first kappa shape index (κ1) is 10.7. The van der Waals surface area contributed by atoms with Gasteiger partial charge in [-0.3, -0.25) is 0 Å². The quantitative estimate of drug-likeness (QED) is 0.732. The lowest BCUT2D eigenvalue weighted by Crippen LogP contribution is -2.26. The van der Waals surface area contributed by atoms with Crippen LogP contribution >= 0.6 is 22.9 Å². The molecule has 5 heteroatoms. The van der Waals surface area contributed by atoms with Crippen LogP contribution < -0.4 is 4.74 Å². The fourth-order valence-electron chi connectivity index (χ4n) is 0.642. The first-order valence-electron chi connectivity index (χ1n) is 4.15. The summed E-state index contributed by atoms with van der Waals surface area (Å²) in [6.45, 7) is 6.12. The number of alkyl halides is 1. The van der Waals surface area contributed by atoms with E-state index in [1.165, 1.54) is 11.3 Å². The second kappa shape index (κ2) is 4.24. The zero-order valence-electron chi connectivity index (χ0n) is 8.00. The van der Waals surface area contributed by atoms with E-state index in [0.717, 1.165) is 11.4 Å². The van der Waals surface area contributed by atoms with Gasteiger partial charge in [-0.05, 0) is 20.3 Å². The summed E-state index contributed by atoms with van der Waals surface area (Å²) in [5, 5.41) is 9.14. The van der Waals surface area contributed by atoms with Gasteiger partial charge >= 0.3 is 0 Å². The second-order valence-corrected chi connectivity index (χ2v) is 4.60. The van der Waals surface area contributed by atoms with E-state index in [2.05, 4.69) is 17.1 Å². The Balaban J connectivity index is 2.63. The molecule has 0 unspecified atom stereocenters. The van der Waals surface area contributed by atoms with Crippen molar-refractivity contribution >= 4 is 22.9 Å².